The first-order chi connectivity index (χ1) is 9.15. The van der Waals surface area contributed by atoms with E-state index >= 15 is 0 Å². The number of rotatable bonds is 5. The summed E-state index contributed by atoms with van der Waals surface area (Å²) in [7, 11) is 1.71. The molecule has 0 spiro atoms. The van der Waals surface area contributed by atoms with Crippen LogP contribution in [0.25, 0.3) is 0 Å². The minimum atomic E-state index is 0.437. The number of aromatic nitrogens is 2. The molecule has 0 aliphatic carbocycles. The van der Waals surface area contributed by atoms with Crippen LogP contribution >= 0.6 is 0 Å². The fourth-order valence-electron chi connectivity index (χ4n) is 2.20. The molecule has 0 saturated carbocycles. The zero-order valence-electron chi connectivity index (χ0n) is 11.8. The molecule has 0 fully saturated rings. The monoisotopic (exact) mass is 259 g/mol. The van der Waals surface area contributed by atoms with E-state index in [1.54, 1.807) is 13.3 Å². The van der Waals surface area contributed by atoms with Crippen molar-refractivity contribution < 1.29 is 4.74 Å². The minimum Gasteiger partial charge on any atom is -0.496 e. The van der Waals surface area contributed by atoms with Crippen molar-refractivity contribution in [2.75, 3.05) is 7.11 Å². The molecule has 0 atom stereocenters. The Kier molecular flexibility index (Phi) is 4.22. The van der Waals surface area contributed by atoms with Crippen molar-refractivity contribution in [3.8, 4) is 5.75 Å². The third-order valence-corrected chi connectivity index (χ3v) is 3.25. The SMILES string of the molecule is COc1ccc(Cn2ccnc2CN)cc1C(C)C. The van der Waals surface area contributed by atoms with Gasteiger partial charge in [0.2, 0.25) is 0 Å². The number of hydrogen-bond donors (Lipinski definition) is 1. The van der Waals surface area contributed by atoms with Gasteiger partial charge < -0.3 is 15.0 Å². The molecule has 4 heteroatoms. The van der Waals surface area contributed by atoms with Gasteiger partial charge >= 0.3 is 0 Å². The van der Waals surface area contributed by atoms with Gasteiger partial charge in [-0.1, -0.05) is 26.0 Å². The number of benzene rings is 1. The highest BCUT2D eigenvalue weighted by Crippen LogP contribution is 2.27. The summed E-state index contributed by atoms with van der Waals surface area (Å²) in [6.45, 7) is 5.59. The van der Waals surface area contributed by atoms with E-state index in [2.05, 4.69) is 35.5 Å². The maximum absolute atomic E-state index is 5.67. The van der Waals surface area contributed by atoms with Crippen LogP contribution < -0.4 is 10.5 Å². The van der Waals surface area contributed by atoms with Gasteiger partial charge in [0.25, 0.3) is 0 Å². The van der Waals surface area contributed by atoms with E-state index in [9.17, 15) is 0 Å². The molecule has 2 aromatic rings. The first kappa shape index (κ1) is 13.6. The van der Waals surface area contributed by atoms with E-state index < -0.39 is 0 Å². The molecule has 102 valence electrons. The Bertz CT molecular complexity index is 546. The first-order valence-electron chi connectivity index (χ1n) is 6.52. The highest BCUT2D eigenvalue weighted by Gasteiger charge is 2.09. The number of methoxy groups -OCH3 is 1. The van der Waals surface area contributed by atoms with Crippen LogP contribution in [-0.2, 0) is 13.1 Å². The van der Waals surface area contributed by atoms with Crippen LogP contribution in [0.5, 0.6) is 5.75 Å². The summed E-state index contributed by atoms with van der Waals surface area (Å²) in [4.78, 5) is 4.24. The average Bonchev–Trinajstić information content (AvgIpc) is 2.85. The number of hydrogen-bond acceptors (Lipinski definition) is 3. The number of imidazole rings is 1. The second kappa shape index (κ2) is 5.89. The molecule has 0 unspecified atom stereocenters. The second-order valence-corrected chi connectivity index (χ2v) is 4.91. The van der Waals surface area contributed by atoms with Crippen molar-refractivity contribution in [3.05, 3.63) is 47.5 Å². The predicted octanol–water partition coefficient (Wildman–Crippen LogP) is 2.52. The van der Waals surface area contributed by atoms with Crippen LogP contribution in [0.4, 0.5) is 0 Å². The van der Waals surface area contributed by atoms with Gasteiger partial charge in [-0.05, 0) is 23.1 Å². The lowest BCUT2D eigenvalue weighted by Crippen LogP contribution is -2.09. The van der Waals surface area contributed by atoms with Crippen LogP contribution in [-0.4, -0.2) is 16.7 Å². The van der Waals surface area contributed by atoms with Gasteiger partial charge in [0.1, 0.15) is 11.6 Å². The van der Waals surface area contributed by atoms with Gasteiger partial charge in [-0.2, -0.15) is 0 Å². The lowest BCUT2D eigenvalue weighted by Gasteiger charge is -2.14. The summed E-state index contributed by atoms with van der Waals surface area (Å²) >= 11 is 0. The molecule has 2 N–H and O–H groups in total. The molecule has 1 aromatic heterocycles. The van der Waals surface area contributed by atoms with Gasteiger partial charge in [-0.3, -0.25) is 0 Å². The standard InChI is InChI=1S/C15H21N3O/c1-11(2)13-8-12(4-5-14(13)19-3)10-18-7-6-17-15(18)9-16/h4-8,11H,9-10,16H2,1-3H3. The lowest BCUT2D eigenvalue weighted by molar-refractivity contribution is 0.407. The van der Waals surface area contributed by atoms with Crippen LogP contribution in [0.15, 0.2) is 30.6 Å². The predicted molar refractivity (Wildman–Crippen MR) is 76.3 cm³/mol. The van der Waals surface area contributed by atoms with E-state index in [0.29, 0.717) is 12.5 Å². The topological polar surface area (TPSA) is 53.1 Å². The number of nitrogens with two attached hydrogens (primary N) is 1. The first-order valence-corrected chi connectivity index (χ1v) is 6.52. The van der Waals surface area contributed by atoms with Crippen molar-refractivity contribution in [2.24, 2.45) is 5.73 Å². The highest BCUT2D eigenvalue weighted by atomic mass is 16.5. The van der Waals surface area contributed by atoms with E-state index in [1.807, 2.05) is 12.3 Å². The fraction of sp³-hybridized carbons (Fsp3) is 0.400. The van der Waals surface area contributed by atoms with E-state index in [1.165, 1.54) is 11.1 Å². The molecular weight excluding hydrogens is 238 g/mol. The van der Waals surface area contributed by atoms with Crippen molar-refractivity contribution in [2.45, 2.75) is 32.9 Å². The summed E-state index contributed by atoms with van der Waals surface area (Å²) < 4.78 is 7.48. The van der Waals surface area contributed by atoms with Crippen LogP contribution in [0.1, 0.15) is 36.7 Å². The Labute approximate surface area is 114 Å². The summed E-state index contributed by atoms with van der Waals surface area (Å²) in [5.74, 6) is 2.29. The summed E-state index contributed by atoms with van der Waals surface area (Å²) in [5, 5.41) is 0. The van der Waals surface area contributed by atoms with Crippen LogP contribution in [0.3, 0.4) is 0 Å². The van der Waals surface area contributed by atoms with Crippen molar-refractivity contribution in [1.29, 1.82) is 0 Å². The van der Waals surface area contributed by atoms with Gasteiger partial charge in [-0.15, -0.1) is 0 Å². The zero-order valence-corrected chi connectivity index (χ0v) is 11.8. The summed E-state index contributed by atoms with van der Waals surface area (Å²) in [5.41, 5.74) is 8.13. The Morgan fingerprint density at radius 1 is 1.37 bits per heavy atom. The molecular formula is C15H21N3O. The fourth-order valence-corrected chi connectivity index (χ4v) is 2.20. The van der Waals surface area contributed by atoms with Crippen molar-refractivity contribution >= 4 is 0 Å². The van der Waals surface area contributed by atoms with Gasteiger partial charge in [0, 0.05) is 18.9 Å². The Balaban J connectivity index is 2.28. The maximum Gasteiger partial charge on any atom is 0.122 e. The van der Waals surface area contributed by atoms with E-state index in [0.717, 1.165) is 18.1 Å². The third-order valence-electron chi connectivity index (χ3n) is 3.25. The largest absolute Gasteiger partial charge is 0.496 e. The van der Waals surface area contributed by atoms with Crippen molar-refractivity contribution in [3.63, 3.8) is 0 Å². The normalized spacial score (nSPS) is 11.0. The van der Waals surface area contributed by atoms with E-state index in [4.69, 9.17) is 10.5 Å². The zero-order chi connectivity index (χ0) is 13.8. The minimum absolute atomic E-state index is 0.437. The molecule has 2 rings (SSSR count). The molecule has 0 saturated heterocycles. The molecule has 0 aliphatic heterocycles. The molecule has 1 heterocycles. The van der Waals surface area contributed by atoms with E-state index in [-0.39, 0.29) is 0 Å². The second-order valence-electron chi connectivity index (χ2n) is 4.91. The summed E-state index contributed by atoms with van der Waals surface area (Å²) in [6.07, 6.45) is 3.75. The Hall–Kier alpha value is -1.81. The molecule has 1 aromatic carbocycles. The number of nitrogens with zero attached hydrogens (tertiary/aromatic N) is 2. The molecule has 4 nitrogen and oxygen atoms in total. The van der Waals surface area contributed by atoms with Gasteiger partial charge in [0.15, 0.2) is 0 Å². The quantitative estimate of drug-likeness (QED) is 0.897. The average molecular weight is 259 g/mol. The van der Waals surface area contributed by atoms with Crippen LogP contribution in [0, 0.1) is 0 Å². The molecule has 0 aliphatic rings. The maximum atomic E-state index is 5.67. The lowest BCUT2D eigenvalue weighted by atomic mass is 9.99. The van der Waals surface area contributed by atoms with Gasteiger partial charge in [0.05, 0.1) is 13.7 Å². The Morgan fingerprint density at radius 2 is 2.16 bits per heavy atom. The molecule has 19 heavy (non-hydrogen) atoms. The Morgan fingerprint density at radius 3 is 2.79 bits per heavy atom. The highest BCUT2D eigenvalue weighted by molar-refractivity contribution is 5.39. The summed E-state index contributed by atoms with van der Waals surface area (Å²) in [6, 6.07) is 6.32. The van der Waals surface area contributed by atoms with Crippen molar-refractivity contribution in [1.82, 2.24) is 9.55 Å². The third kappa shape index (κ3) is 2.96. The van der Waals surface area contributed by atoms with Crippen LogP contribution in [0.2, 0.25) is 0 Å². The molecule has 0 bridgehead atoms. The smallest absolute Gasteiger partial charge is 0.122 e. The van der Waals surface area contributed by atoms with Gasteiger partial charge in [-0.25, -0.2) is 4.98 Å². The molecule has 0 amide bonds. The number of ether oxygens (including phenoxy) is 1. The molecule has 0 radical (unpaired) electrons.